The van der Waals surface area contributed by atoms with Crippen LogP contribution >= 0.6 is 0 Å². The Bertz CT molecular complexity index is 560. The maximum Gasteiger partial charge on any atom is 0.136 e. The second-order valence-corrected chi connectivity index (χ2v) is 7.66. The van der Waals surface area contributed by atoms with Crippen molar-refractivity contribution in [1.82, 2.24) is 9.71 Å². The monoisotopic (exact) mass is 276 g/mol. The fourth-order valence-electron chi connectivity index (χ4n) is 1.92. The van der Waals surface area contributed by atoms with Crippen molar-refractivity contribution in [2.75, 3.05) is 0 Å². The molecule has 0 radical (unpaired) electrons. The zero-order valence-corrected chi connectivity index (χ0v) is 12.6. The second kappa shape index (κ2) is 5.49. The minimum absolute atomic E-state index is 0.0213. The van der Waals surface area contributed by atoms with Crippen LogP contribution in [0.5, 0.6) is 0 Å². The molecule has 102 valence electrons. The van der Waals surface area contributed by atoms with Crippen molar-refractivity contribution < 1.29 is 4.55 Å². The highest BCUT2D eigenvalue weighted by molar-refractivity contribution is 7.90. The molecule has 0 amide bonds. The minimum Gasteiger partial charge on any atom is -0.598 e. The van der Waals surface area contributed by atoms with E-state index in [1.165, 1.54) is 0 Å². The number of pyridine rings is 1. The predicted molar refractivity (Wildman–Crippen MR) is 81.2 cm³/mol. The summed E-state index contributed by atoms with van der Waals surface area (Å²) < 4.78 is 15.1. The Labute approximate surface area is 117 Å². The van der Waals surface area contributed by atoms with Crippen LogP contribution in [0.4, 0.5) is 0 Å². The van der Waals surface area contributed by atoms with Crippen LogP contribution < -0.4 is 4.72 Å². The Kier molecular flexibility index (Phi) is 4.13. The molecule has 0 spiro atoms. The molecule has 2 rings (SSSR count). The van der Waals surface area contributed by atoms with E-state index in [9.17, 15) is 4.55 Å². The molecule has 2 atom stereocenters. The van der Waals surface area contributed by atoms with E-state index < -0.39 is 11.4 Å². The van der Waals surface area contributed by atoms with Crippen LogP contribution in [-0.2, 0) is 11.4 Å². The molecule has 3 nitrogen and oxygen atoms in total. The number of aromatic nitrogens is 1. The molecule has 0 aliphatic heterocycles. The summed E-state index contributed by atoms with van der Waals surface area (Å²) in [6, 6.07) is 8.16. The molecule has 19 heavy (non-hydrogen) atoms. The molecule has 0 saturated heterocycles. The number of rotatable bonds is 3. The third-order valence-electron chi connectivity index (χ3n) is 3.02. The van der Waals surface area contributed by atoms with Crippen molar-refractivity contribution in [2.45, 2.75) is 38.5 Å². The van der Waals surface area contributed by atoms with E-state index >= 15 is 0 Å². The molecule has 1 N–H and O–H groups in total. The van der Waals surface area contributed by atoms with Gasteiger partial charge in [0.15, 0.2) is 0 Å². The molecule has 1 heterocycles. The molecule has 1 unspecified atom stereocenters. The van der Waals surface area contributed by atoms with E-state index in [0.717, 1.165) is 16.3 Å². The summed E-state index contributed by atoms with van der Waals surface area (Å²) in [5, 5.41) is 2.26. The van der Waals surface area contributed by atoms with Gasteiger partial charge in [-0.25, -0.2) is 0 Å². The largest absolute Gasteiger partial charge is 0.598 e. The summed E-state index contributed by atoms with van der Waals surface area (Å²) in [4.78, 5) is 4.18. The highest BCUT2D eigenvalue weighted by Crippen LogP contribution is 2.25. The Morgan fingerprint density at radius 3 is 2.68 bits per heavy atom. The van der Waals surface area contributed by atoms with E-state index in [1.807, 2.05) is 46.0 Å². The van der Waals surface area contributed by atoms with E-state index in [4.69, 9.17) is 0 Å². The molecular formula is C15H20N2OS. The lowest BCUT2D eigenvalue weighted by Gasteiger charge is -2.27. The fraction of sp³-hybridized carbons (Fsp3) is 0.400. The first-order valence-electron chi connectivity index (χ1n) is 6.40. The van der Waals surface area contributed by atoms with Crippen molar-refractivity contribution in [3.63, 3.8) is 0 Å². The molecule has 0 saturated carbocycles. The number of benzene rings is 1. The van der Waals surface area contributed by atoms with E-state index in [2.05, 4.69) is 21.8 Å². The lowest BCUT2D eigenvalue weighted by molar-refractivity contribution is 0.532. The van der Waals surface area contributed by atoms with Crippen LogP contribution in [0.15, 0.2) is 36.7 Å². The smallest absolute Gasteiger partial charge is 0.136 e. The molecule has 0 aliphatic carbocycles. The molecule has 0 bridgehead atoms. The van der Waals surface area contributed by atoms with E-state index in [1.54, 1.807) is 6.20 Å². The van der Waals surface area contributed by atoms with Gasteiger partial charge in [0.25, 0.3) is 0 Å². The van der Waals surface area contributed by atoms with Gasteiger partial charge in [-0.3, -0.25) is 4.98 Å². The second-order valence-electron chi connectivity index (χ2n) is 5.66. The van der Waals surface area contributed by atoms with Crippen LogP contribution in [0.2, 0.25) is 0 Å². The molecule has 0 fully saturated rings. The molecule has 1 aromatic carbocycles. The molecule has 4 heteroatoms. The summed E-state index contributed by atoms with van der Waals surface area (Å²) in [6.07, 6.45) is 3.65. The number of nitrogens with one attached hydrogen (secondary N) is 1. The highest BCUT2D eigenvalue weighted by atomic mass is 32.2. The lowest BCUT2D eigenvalue weighted by atomic mass is 10.0. The normalized spacial score (nSPS) is 15.4. The van der Waals surface area contributed by atoms with Crippen molar-refractivity contribution in [3.8, 4) is 0 Å². The molecule has 1 aromatic heterocycles. The lowest BCUT2D eigenvalue weighted by Crippen LogP contribution is -2.40. The molecule has 0 aliphatic rings. The maximum atomic E-state index is 12.2. The van der Waals surface area contributed by atoms with Gasteiger partial charge in [0.2, 0.25) is 0 Å². The van der Waals surface area contributed by atoms with Gasteiger partial charge in [0.1, 0.15) is 4.75 Å². The SMILES string of the molecule is CC(N[S@@+]([O-])C(C)(C)C)c1cccc2ccncc12. The Morgan fingerprint density at radius 1 is 1.26 bits per heavy atom. The Hall–Kier alpha value is -1.10. The number of nitrogens with zero attached hydrogens (tertiary/aromatic N) is 1. The number of hydrogen-bond donors (Lipinski definition) is 1. The molecule has 2 aromatic rings. The van der Waals surface area contributed by atoms with Gasteiger partial charge in [0, 0.05) is 29.1 Å². The average Bonchev–Trinajstić information content (AvgIpc) is 2.36. The summed E-state index contributed by atoms with van der Waals surface area (Å²) in [5.41, 5.74) is 1.13. The standard InChI is InChI=1S/C15H20N2OS/c1-11(17-19(18)15(2,3)4)13-7-5-6-12-8-9-16-10-14(12)13/h5-11,17H,1-4H3/t11?,19-/m0/s1. The van der Waals surface area contributed by atoms with Crippen LogP contribution in [0.3, 0.4) is 0 Å². The zero-order valence-electron chi connectivity index (χ0n) is 11.8. The summed E-state index contributed by atoms with van der Waals surface area (Å²) in [6.45, 7) is 7.93. The van der Waals surface area contributed by atoms with Gasteiger partial charge >= 0.3 is 0 Å². The zero-order chi connectivity index (χ0) is 14.0. The van der Waals surface area contributed by atoms with Gasteiger partial charge in [-0.15, -0.1) is 4.72 Å². The summed E-state index contributed by atoms with van der Waals surface area (Å²) in [5.74, 6) is 0. The highest BCUT2D eigenvalue weighted by Gasteiger charge is 2.28. The van der Waals surface area contributed by atoms with Crippen LogP contribution in [0.1, 0.15) is 39.3 Å². The van der Waals surface area contributed by atoms with Crippen molar-refractivity contribution in [2.24, 2.45) is 0 Å². The van der Waals surface area contributed by atoms with Gasteiger partial charge in [0.05, 0.1) is 6.04 Å². The average molecular weight is 276 g/mol. The van der Waals surface area contributed by atoms with Crippen LogP contribution in [0, 0.1) is 0 Å². The first-order valence-corrected chi connectivity index (χ1v) is 7.55. The van der Waals surface area contributed by atoms with Crippen molar-refractivity contribution in [3.05, 3.63) is 42.2 Å². The Morgan fingerprint density at radius 2 is 2.00 bits per heavy atom. The van der Waals surface area contributed by atoms with Gasteiger partial charge < -0.3 is 4.55 Å². The van der Waals surface area contributed by atoms with E-state index in [0.29, 0.717) is 0 Å². The first kappa shape index (κ1) is 14.3. The van der Waals surface area contributed by atoms with Crippen molar-refractivity contribution >= 4 is 22.1 Å². The van der Waals surface area contributed by atoms with Gasteiger partial charge in [-0.05, 0) is 44.7 Å². The third kappa shape index (κ3) is 3.26. The van der Waals surface area contributed by atoms with Crippen molar-refractivity contribution in [1.29, 1.82) is 0 Å². The maximum absolute atomic E-state index is 12.2. The quantitative estimate of drug-likeness (QED) is 0.875. The van der Waals surface area contributed by atoms with Crippen LogP contribution in [0.25, 0.3) is 10.8 Å². The van der Waals surface area contributed by atoms with Gasteiger partial charge in [-0.2, -0.15) is 0 Å². The third-order valence-corrected chi connectivity index (χ3v) is 4.70. The van der Waals surface area contributed by atoms with Gasteiger partial charge in [-0.1, -0.05) is 18.2 Å². The Balaban J connectivity index is 2.29. The first-order chi connectivity index (χ1) is 8.89. The van der Waals surface area contributed by atoms with Crippen LogP contribution in [-0.4, -0.2) is 14.3 Å². The fourth-order valence-corrected chi connectivity index (χ4v) is 2.72. The number of fused-ring (bicyclic) bond motifs is 1. The predicted octanol–water partition coefficient (Wildman–Crippen LogP) is 3.35. The summed E-state index contributed by atoms with van der Waals surface area (Å²) in [7, 11) is 0. The number of hydrogen-bond acceptors (Lipinski definition) is 3. The minimum atomic E-state index is -1.08. The van der Waals surface area contributed by atoms with E-state index in [-0.39, 0.29) is 10.8 Å². The summed E-state index contributed by atoms with van der Waals surface area (Å²) >= 11 is -1.08. The molecular weight excluding hydrogens is 256 g/mol. The topological polar surface area (TPSA) is 48.0 Å².